The van der Waals surface area contributed by atoms with Gasteiger partial charge >= 0.3 is 0 Å². The second-order valence-corrected chi connectivity index (χ2v) is 10.2. The van der Waals surface area contributed by atoms with Crippen LogP contribution in [0.25, 0.3) is 10.2 Å². The standard InChI is InChI=1S/C18H22ClN3O6S2/c1-27-7-6-22-14-3-2-13(19)10-15(14)29-18(22)20-16(23)11-30(25,26)12-17(24)21-4-8-28-9-5-21/h2-3,10H,4-9,11-12H2,1H3. The van der Waals surface area contributed by atoms with Crippen molar-refractivity contribution in [3.8, 4) is 0 Å². The molecule has 1 saturated heterocycles. The van der Waals surface area contributed by atoms with Crippen LogP contribution in [-0.2, 0) is 35.4 Å². The fourth-order valence-electron chi connectivity index (χ4n) is 3.00. The Hall–Kier alpha value is -1.79. The lowest BCUT2D eigenvalue weighted by molar-refractivity contribution is -0.132. The van der Waals surface area contributed by atoms with Crippen LogP contribution < -0.4 is 4.80 Å². The summed E-state index contributed by atoms with van der Waals surface area (Å²) < 4.78 is 37.6. The quantitative estimate of drug-likeness (QED) is 0.583. The second kappa shape index (κ2) is 10.0. The zero-order valence-electron chi connectivity index (χ0n) is 16.4. The second-order valence-electron chi connectivity index (χ2n) is 6.67. The van der Waals surface area contributed by atoms with Crippen molar-refractivity contribution in [1.82, 2.24) is 9.47 Å². The first-order chi connectivity index (χ1) is 14.3. The molecule has 12 heteroatoms. The number of thiazole rings is 1. The van der Waals surface area contributed by atoms with Gasteiger partial charge in [0.25, 0.3) is 5.91 Å². The molecular formula is C18H22ClN3O6S2. The van der Waals surface area contributed by atoms with E-state index in [9.17, 15) is 18.0 Å². The van der Waals surface area contributed by atoms with Crippen molar-refractivity contribution in [2.45, 2.75) is 6.54 Å². The molecule has 1 aliphatic heterocycles. The van der Waals surface area contributed by atoms with E-state index < -0.39 is 33.2 Å². The van der Waals surface area contributed by atoms with E-state index in [2.05, 4.69) is 4.99 Å². The number of carbonyl (C=O) groups is 2. The highest BCUT2D eigenvalue weighted by molar-refractivity contribution is 7.92. The number of ether oxygens (including phenoxy) is 2. The third-order valence-electron chi connectivity index (χ3n) is 4.43. The number of carbonyl (C=O) groups excluding carboxylic acids is 2. The van der Waals surface area contributed by atoms with Gasteiger partial charge in [-0.1, -0.05) is 22.9 Å². The first-order valence-electron chi connectivity index (χ1n) is 9.20. The van der Waals surface area contributed by atoms with Crippen molar-refractivity contribution < 1.29 is 27.5 Å². The minimum absolute atomic E-state index is 0.344. The summed E-state index contributed by atoms with van der Waals surface area (Å²) in [6.45, 7) is 2.26. The van der Waals surface area contributed by atoms with Gasteiger partial charge in [0.1, 0.15) is 11.5 Å². The molecule has 1 aromatic carbocycles. The van der Waals surface area contributed by atoms with E-state index >= 15 is 0 Å². The fraction of sp³-hybridized carbons (Fsp3) is 0.500. The molecule has 0 aliphatic carbocycles. The van der Waals surface area contributed by atoms with E-state index in [1.54, 1.807) is 23.8 Å². The number of halogens is 1. The molecule has 0 saturated carbocycles. The summed E-state index contributed by atoms with van der Waals surface area (Å²) in [6, 6.07) is 5.30. The monoisotopic (exact) mass is 475 g/mol. The summed E-state index contributed by atoms with van der Waals surface area (Å²) in [6.07, 6.45) is 0. The summed E-state index contributed by atoms with van der Waals surface area (Å²) in [4.78, 5) is 30.4. The molecule has 0 atom stereocenters. The first kappa shape index (κ1) is 22.9. The Kier molecular flexibility index (Phi) is 7.64. The minimum atomic E-state index is -3.94. The highest BCUT2D eigenvalue weighted by Gasteiger charge is 2.25. The van der Waals surface area contributed by atoms with E-state index in [4.69, 9.17) is 21.1 Å². The van der Waals surface area contributed by atoms with Crippen LogP contribution in [0, 0.1) is 0 Å². The molecule has 30 heavy (non-hydrogen) atoms. The Bertz CT molecular complexity index is 1100. The van der Waals surface area contributed by atoms with Crippen LogP contribution in [0.3, 0.4) is 0 Å². The van der Waals surface area contributed by atoms with E-state index in [0.29, 0.717) is 49.3 Å². The van der Waals surface area contributed by atoms with E-state index in [-0.39, 0.29) is 0 Å². The van der Waals surface area contributed by atoms with Gasteiger partial charge in [-0.3, -0.25) is 9.59 Å². The van der Waals surface area contributed by atoms with Gasteiger partial charge in [0.15, 0.2) is 14.6 Å². The number of fused-ring (bicyclic) bond motifs is 1. The number of methoxy groups -OCH3 is 1. The maximum Gasteiger partial charge on any atom is 0.263 e. The van der Waals surface area contributed by atoms with Crippen LogP contribution in [-0.4, -0.2) is 81.2 Å². The number of hydrogen-bond donors (Lipinski definition) is 0. The molecule has 1 aliphatic rings. The summed E-state index contributed by atoms with van der Waals surface area (Å²) >= 11 is 7.27. The molecule has 0 unspecified atom stereocenters. The lowest BCUT2D eigenvalue weighted by atomic mass is 10.3. The number of rotatable bonds is 7. The van der Waals surface area contributed by atoms with Crippen molar-refractivity contribution in [2.75, 3.05) is 51.5 Å². The molecule has 0 spiro atoms. The smallest absolute Gasteiger partial charge is 0.263 e. The van der Waals surface area contributed by atoms with Crippen LogP contribution in [0.2, 0.25) is 5.02 Å². The van der Waals surface area contributed by atoms with Crippen LogP contribution in [0.1, 0.15) is 0 Å². The van der Waals surface area contributed by atoms with Crippen molar-refractivity contribution in [3.05, 3.63) is 28.0 Å². The molecule has 0 radical (unpaired) electrons. The molecule has 2 heterocycles. The van der Waals surface area contributed by atoms with Crippen LogP contribution in [0.5, 0.6) is 0 Å². The average molecular weight is 476 g/mol. The maximum absolute atomic E-state index is 12.4. The van der Waals surface area contributed by atoms with E-state index in [1.807, 2.05) is 6.07 Å². The molecule has 164 valence electrons. The Morgan fingerprint density at radius 1 is 1.27 bits per heavy atom. The molecule has 2 aromatic rings. The molecule has 9 nitrogen and oxygen atoms in total. The molecule has 1 aromatic heterocycles. The summed E-state index contributed by atoms with van der Waals surface area (Å²) in [7, 11) is -2.38. The van der Waals surface area contributed by atoms with Crippen LogP contribution in [0.4, 0.5) is 0 Å². The SMILES string of the molecule is COCCn1c(=NC(=O)CS(=O)(=O)CC(=O)N2CCOCC2)sc2cc(Cl)ccc21. The van der Waals surface area contributed by atoms with Gasteiger partial charge in [-0.25, -0.2) is 8.42 Å². The third kappa shape index (κ3) is 5.88. The van der Waals surface area contributed by atoms with Gasteiger partial charge in [0.2, 0.25) is 5.91 Å². The van der Waals surface area contributed by atoms with Crippen molar-refractivity contribution in [1.29, 1.82) is 0 Å². The van der Waals surface area contributed by atoms with Gasteiger partial charge in [0.05, 0.1) is 30.0 Å². The molecule has 3 rings (SSSR count). The van der Waals surface area contributed by atoms with Gasteiger partial charge in [-0.15, -0.1) is 0 Å². The molecular weight excluding hydrogens is 454 g/mol. The highest BCUT2D eigenvalue weighted by atomic mass is 35.5. The van der Waals surface area contributed by atoms with E-state index in [1.165, 1.54) is 16.2 Å². The number of aromatic nitrogens is 1. The number of hydrogen-bond acceptors (Lipinski definition) is 7. The predicted octanol–water partition coefficient (Wildman–Crippen LogP) is 0.704. The fourth-order valence-corrected chi connectivity index (χ4v) is 5.45. The largest absolute Gasteiger partial charge is 0.383 e. The Morgan fingerprint density at radius 3 is 2.70 bits per heavy atom. The van der Waals surface area contributed by atoms with Gasteiger partial charge in [-0.05, 0) is 18.2 Å². The lowest BCUT2D eigenvalue weighted by Gasteiger charge is -2.26. The zero-order valence-corrected chi connectivity index (χ0v) is 18.8. The number of nitrogens with zero attached hydrogens (tertiary/aromatic N) is 3. The zero-order chi connectivity index (χ0) is 21.7. The minimum Gasteiger partial charge on any atom is -0.383 e. The van der Waals surface area contributed by atoms with Gasteiger partial charge in [0, 0.05) is 31.8 Å². The molecule has 2 amide bonds. The predicted molar refractivity (Wildman–Crippen MR) is 113 cm³/mol. The number of morpholine rings is 1. The number of amides is 2. The number of sulfone groups is 1. The lowest BCUT2D eigenvalue weighted by Crippen LogP contribution is -2.43. The summed E-state index contributed by atoms with van der Waals surface area (Å²) in [5.41, 5.74) is 0.818. The average Bonchev–Trinajstić information content (AvgIpc) is 3.01. The van der Waals surface area contributed by atoms with Crippen LogP contribution >= 0.6 is 22.9 Å². The van der Waals surface area contributed by atoms with Crippen LogP contribution in [0.15, 0.2) is 23.2 Å². The maximum atomic E-state index is 12.4. The number of benzene rings is 1. The normalized spacial score (nSPS) is 15.7. The van der Waals surface area contributed by atoms with Crippen molar-refractivity contribution in [3.63, 3.8) is 0 Å². The summed E-state index contributed by atoms with van der Waals surface area (Å²) in [5, 5.41) is 0.546. The summed E-state index contributed by atoms with van der Waals surface area (Å²) in [5.74, 6) is -2.91. The van der Waals surface area contributed by atoms with Crippen molar-refractivity contribution >= 4 is 54.8 Å². The topological polar surface area (TPSA) is 107 Å². The molecule has 1 fully saturated rings. The first-order valence-corrected chi connectivity index (χ1v) is 12.2. The Labute approximate surface area is 182 Å². The molecule has 0 bridgehead atoms. The Balaban J connectivity index is 1.79. The Morgan fingerprint density at radius 2 is 2.00 bits per heavy atom. The van der Waals surface area contributed by atoms with E-state index in [0.717, 1.165) is 10.2 Å². The third-order valence-corrected chi connectivity index (χ3v) is 7.08. The van der Waals surface area contributed by atoms with Gasteiger partial charge < -0.3 is 18.9 Å². The van der Waals surface area contributed by atoms with Crippen molar-refractivity contribution in [2.24, 2.45) is 4.99 Å². The molecule has 0 N–H and O–H groups in total. The van der Waals surface area contributed by atoms with Gasteiger partial charge in [-0.2, -0.15) is 4.99 Å². The highest BCUT2D eigenvalue weighted by Crippen LogP contribution is 2.21.